The number of rotatable bonds is 4. The van der Waals surface area contributed by atoms with Crippen LogP contribution in [-0.2, 0) is 0 Å². The summed E-state index contributed by atoms with van der Waals surface area (Å²) in [6, 6.07) is 74.9. The van der Waals surface area contributed by atoms with E-state index >= 15 is 0 Å². The summed E-state index contributed by atoms with van der Waals surface area (Å²) in [4.78, 5) is 11.3. The van der Waals surface area contributed by atoms with Gasteiger partial charge in [0.25, 0.3) is 0 Å². The number of thiophene rings is 1. The maximum Gasteiger partial charge on any atom is 0.235 e. The Balaban J connectivity index is 1.09. The molecule has 5 heteroatoms. The van der Waals surface area contributed by atoms with Crippen LogP contribution >= 0.6 is 11.3 Å². The van der Waals surface area contributed by atoms with Crippen molar-refractivity contribution in [2.75, 3.05) is 0 Å². The van der Waals surface area contributed by atoms with Crippen molar-refractivity contribution in [3.8, 4) is 67.4 Å². The molecule has 0 fully saturated rings. The van der Waals surface area contributed by atoms with Crippen LogP contribution in [0.3, 0.4) is 0 Å². The SMILES string of the molecule is c1ccc(-c2cc(-c3ccccc3)cc(-c3nc(-n4c5ccccc5c5cc6c(cc54)c4cccc5c4n6-c4ccccc4-c4ccccc4-5)nc4c3sc3ccccc34)c2)cc1. The lowest BCUT2D eigenvalue weighted by molar-refractivity contribution is 1.02. The second kappa shape index (κ2) is 13.2. The average Bonchev–Trinajstić information content (AvgIpc) is 3.98. The molecule has 14 rings (SSSR count). The highest BCUT2D eigenvalue weighted by atomic mass is 32.1. The molecule has 0 bridgehead atoms. The molecule has 13 aromatic rings. The smallest absolute Gasteiger partial charge is 0.235 e. The minimum Gasteiger partial charge on any atom is -0.308 e. The van der Waals surface area contributed by atoms with Gasteiger partial charge in [0, 0.05) is 48.3 Å². The summed E-state index contributed by atoms with van der Waals surface area (Å²) >= 11 is 1.77. The Morgan fingerprint density at radius 2 is 0.905 bits per heavy atom. The van der Waals surface area contributed by atoms with Gasteiger partial charge in [-0.25, -0.2) is 9.97 Å². The summed E-state index contributed by atoms with van der Waals surface area (Å²) in [5.41, 5.74) is 18.3. The maximum absolute atomic E-state index is 5.69. The molecule has 0 atom stereocenters. The van der Waals surface area contributed by atoms with Crippen LogP contribution in [0, 0.1) is 0 Å². The first-order valence-corrected chi connectivity index (χ1v) is 22.2. The normalized spacial score (nSPS) is 12.1. The van der Waals surface area contributed by atoms with Gasteiger partial charge in [-0.2, -0.15) is 0 Å². The van der Waals surface area contributed by atoms with Gasteiger partial charge >= 0.3 is 0 Å². The van der Waals surface area contributed by atoms with Gasteiger partial charge in [0.05, 0.1) is 43.7 Å². The minimum atomic E-state index is 0.655. The molecule has 0 aliphatic carbocycles. The molecule has 1 aliphatic heterocycles. The first-order valence-electron chi connectivity index (χ1n) is 21.4. The first kappa shape index (κ1) is 34.6. The van der Waals surface area contributed by atoms with Gasteiger partial charge in [0.15, 0.2) is 0 Å². The fraction of sp³-hybridized carbons (Fsp3) is 0. The van der Waals surface area contributed by atoms with Gasteiger partial charge in [0.1, 0.15) is 0 Å². The molecule has 0 spiro atoms. The molecule has 4 nitrogen and oxygen atoms in total. The minimum absolute atomic E-state index is 0.655. The van der Waals surface area contributed by atoms with Crippen LogP contribution in [0.4, 0.5) is 0 Å². The molecule has 1 aliphatic rings. The fourth-order valence-electron chi connectivity index (χ4n) is 10.3. The van der Waals surface area contributed by atoms with Gasteiger partial charge < -0.3 is 4.57 Å². The quantitative estimate of drug-likeness (QED) is 0.177. The number of hydrogen-bond acceptors (Lipinski definition) is 3. The van der Waals surface area contributed by atoms with E-state index in [9.17, 15) is 0 Å². The van der Waals surface area contributed by atoms with E-state index in [2.05, 4.69) is 215 Å². The summed E-state index contributed by atoms with van der Waals surface area (Å²) in [5.74, 6) is 0.655. The standard InChI is InChI=1S/C58H34N4S/c1-3-16-35(17-4-1)37-30-38(36-18-5-2-6-19-36)32-39(31-37)54-57-55(46-24-11-14-29-53(46)63-57)60-58(59-54)62-50-28-13-10-23-43(50)47-33-51-48(34-52(47)62)45-26-15-25-44-41-21-8-7-20-40(41)42-22-9-12-27-49(42)61(51)56(44)45/h1-34H. The summed E-state index contributed by atoms with van der Waals surface area (Å²) < 4.78 is 7.08. The summed E-state index contributed by atoms with van der Waals surface area (Å²) in [6.07, 6.45) is 0. The number of benzene rings is 9. The molecule has 0 unspecified atom stereocenters. The lowest BCUT2D eigenvalue weighted by Crippen LogP contribution is -2.03. The highest BCUT2D eigenvalue weighted by Gasteiger charge is 2.27. The van der Waals surface area contributed by atoms with E-state index in [1.54, 1.807) is 11.3 Å². The molecule has 0 radical (unpaired) electrons. The van der Waals surface area contributed by atoms with Crippen LogP contribution in [0.25, 0.3) is 131 Å². The van der Waals surface area contributed by atoms with Crippen molar-refractivity contribution in [3.63, 3.8) is 0 Å². The van der Waals surface area contributed by atoms with Crippen molar-refractivity contribution in [3.05, 3.63) is 206 Å². The van der Waals surface area contributed by atoms with E-state index in [0.29, 0.717) is 5.95 Å². The van der Waals surface area contributed by atoms with Crippen molar-refractivity contribution in [1.29, 1.82) is 0 Å². The van der Waals surface area contributed by atoms with E-state index in [-0.39, 0.29) is 0 Å². The number of fused-ring (bicyclic) bond motifs is 14. The molecule has 0 saturated heterocycles. The van der Waals surface area contributed by atoms with E-state index in [4.69, 9.17) is 9.97 Å². The van der Waals surface area contributed by atoms with Crippen molar-refractivity contribution in [1.82, 2.24) is 19.1 Å². The zero-order chi connectivity index (χ0) is 41.2. The third-order valence-electron chi connectivity index (χ3n) is 13.1. The molecular formula is C58H34N4S. The highest BCUT2D eigenvalue weighted by molar-refractivity contribution is 7.26. The Morgan fingerprint density at radius 1 is 0.349 bits per heavy atom. The Morgan fingerprint density at radius 3 is 1.67 bits per heavy atom. The molecule has 63 heavy (non-hydrogen) atoms. The van der Waals surface area contributed by atoms with Crippen LogP contribution in [0.15, 0.2) is 206 Å². The number of hydrogen-bond donors (Lipinski definition) is 0. The number of nitrogens with zero attached hydrogens (tertiary/aromatic N) is 4. The molecule has 0 amide bonds. The third kappa shape index (κ3) is 5.03. The molecule has 5 heterocycles. The van der Waals surface area contributed by atoms with Crippen molar-refractivity contribution in [2.45, 2.75) is 0 Å². The van der Waals surface area contributed by atoms with Crippen molar-refractivity contribution >= 4 is 75.3 Å². The van der Waals surface area contributed by atoms with Crippen LogP contribution in [0.1, 0.15) is 0 Å². The Kier molecular flexibility index (Phi) is 7.24. The monoisotopic (exact) mass is 818 g/mol. The van der Waals surface area contributed by atoms with Gasteiger partial charge in [-0.1, -0.05) is 158 Å². The zero-order valence-corrected chi connectivity index (χ0v) is 34.6. The van der Waals surface area contributed by atoms with Crippen molar-refractivity contribution in [2.24, 2.45) is 0 Å². The predicted octanol–water partition coefficient (Wildman–Crippen LogP) is 15.7. The van der Waals surface area contributed by atoms with Gasteiger partial charge in [-0.05, 0) is 81.9 Å². The zero-order valence-electron chi connectivity index (χ0n) is 33.8. The summed E-state index contributed by atoms with van der Waals surface area (Å²) in [7, 11) is 0. The molecule has 292 valence electrons. The predicted molar refractivity (Wildman–Crippen MR) is 264 cm³/mol. The third-order valence-corrected chi connectivity index (χ3v) is 14.2. The number of para-hydroxylation sites is 3. The van der Waals surface area contributed by atoms with Gasteiger partial charge in [-0.15, -0.1) is 11.3 Å². The van der Waals surface area contributed by atoms with Crippen molar-refractivity contribution < 1.29 is 0 Å². The van der Waals surface area contributed by atoms with Gasteiger partial charge in [0.2, 0.25) is 5.95 Å². The fourth-order valence-corrected chi connectivity index (χ4v) is 11.4. The summed E-state index contributed by atoms with van der Waals surface area (Å²) in [5, 5.41) is 5.88. The van der Waals surface area contributed by atoms with Gasteiger partial charge in [-0.3, -0.25) is 4.57 Å². The van der Waals surface area contributed by atoms with Crippen LogP contribution in [-0.4, -0.2) is 19.1 Å². The highest BCUT2D eigenvalue weighted by Crippen LogP contribution is 2.48. The summed E-state index contributed by atoms with van der Waals surface area (Å²) in [6.45, 7) is 0. The Labute approximate surface area is 366 Å². The lowest BCUT2D eigenvalue weighted by Gasteiger charge is -2.14. The van der Waals surface area contributed by atoms with E-state index in [1.165, 1.54) is 54.4 Å². The molecule has 0 N–H and O–H groups in total. The van der Waals surface area contributed by atoms with E-state index in [0.717, 1.165) is 70.9 Å². The van der Waals surface area contributed by atoms with E-state index in [1.807, 2.05) is 0 Å². The molecule has 9 aromatic carbocycles. The van der Waals surface area contributed by atoms with Crippen LogP contribution in [0.2, 0.25) is 0 Å². The maximum atomic E-state index is 5.69. The first-order chi connectivity index (χ1) is 31.2. The largest absolute Gasteiger partial charge is 0.308 e. The average molecular weight is 819 g/mol. The number of aromatic nitrogens is 4. The molecular weight excluding hydrogens is 785 g/mol. The Hall–Kier alpha value is -8.12. The second-order valence-corrected chi connectivity index (χ2v) is 17.6. The lowest BCUT2D eigenvalue weighted by atomic mass is 9.94. The molecule has 4 aromatic heterocycles. The Bertz CT molecular complexity index is 3970. The topological polar surface area (TPSA) is 35.6 Å². The second-order valence-electron chi connectivity index (χ2n) is 16.5. The molecule has 0 saturated carbocycles. The van der Waals surface area contributed by atoms with E-state index < -0.39 is 0 Å². The van der Waals surface area contributed by atoms with Crippen LogP contribution in [0.5, 0.6) is 0 Å². The van der Waals surface area contributed by atoms with Crippen LogP contribution < -0.4 is 0 Å².